The molecule has 6 nitrogen and oxygen atoms in total. The first-order valence-corrected chi connectivity index (χ1v) is 6.71. The van der Waals surface area contributed by atoms with Gasteiger partial charge in [0.1, 0.15) is 12.6 Å². The van der Waals surface area contributed by atoms with E-state index < -0.39 is 0 Å². The van der Waals surface area contributed by atoms with E-state index in [1.54, 1.807) is 6.92 Å². The Morgan fingerprint density at radius 1 is 1.38 bits per heavy atom. The molecule has 0 saturated carbocycles. The van der Waals surface area contributed by atoms with Crippen LogP contribution in [-0.4, -0.2) is 20.9 Å². The van der Waals surface area contributed by atoms with E-state index in [-0.39, 0.29) is 18.1 Å². The Kier molecular flexibility index (Phi) is 4.33. The molecule has 0 radical (unpaired) electrons. The lowest BCUT2D eigenvalue weighted by Gasteiger charge is -2.08. The first-order valence-electron chi connectivity index (χ1n) is 6.71. The van der Waals surface area contributed by atoms with Gasteiger partial charge in [-0.1, -0.05) is 31.2 Å². The zero-order valence-corrected chi connectivity index (χ0v) is 12.3. The van der Waals surface area contributed by atoms with Crippen molar-refractivity contribution in [2.24, 2.45) is 0 Å². The highest BCUT2D eigenvalue weighted by Gasteiger charge is 2.11. The summed E-state index contributed by atoms with van der Waals surface area (Å²) < 4.78 is 1.41. The summed E-state index contributed by atoms with van der Waals surface area (Å²) in [5.74, 6) is 0.252. The van der Waals surface area contributed by atoms with Crippen LogP contribution in [-0.2, 0) is 11.3 Å². The summed E-state index contributed by atoms with van der Waals surface area (Å²) in [7, 11) is 0. The van der Waals surface area contributed by atoms with Crippen molar-refractivity contribution in [3.63, 3.8) is 0 Å². The minimum atomic E-state index is -0.204. The molecule has 1 aromatic carbocycles. The van der Waals surface area contributed by atoms with Crippen molar-refractivity contribution in [1.82, 2.24) is 15.0 Å². The smallest absolute Gasteiger partial charge is 0.246 e. The van der Waals surface area contributed by atoms with Gasteiger partial charge in [0.15, 0.2) is 5.69 Å². The van der Waals surface area contributed by atoms with E-state index in [4.69, 9.17) is 5.26 Å². The zero-order chi connectivity index (χ0) is 15.4. The summed E-state index contributed by atoms with van der Waals surface area (Å²) in [6, 6.07) is 9.67. The van der Waals surface area contributed by atoms with Crippen LogP contribution in [0.2, 0.25) is 0 Å². The molecular weight excluding hydrogens is 266 g/mol. The van der Waals surface area contributed by atoms with E-state index in [2.05, 4.69) is 29.5 Å². The van der Waals surface area contributed by atoms with E-state index in [0.29, 0.717) is 11.6 Å². The molecule has 108 valence electrons. The van der Waals surface area contributed by atoms with Crippen LogP contribution in [0.4, 0.5) is 5.69 Å². The maximum atomic E-state index is 12.0. The van der Waals surface area contributed by atoms with E-state index in [1.807, 2.05) is 30.3 Å². The highest BCUT2D eigenvalue weighted by atomic mass is 16.2. The number of amides is 1. The fourth-order valence-electron chi connectivity index (χ4n) is 1.90. The lowest BCUT2D eigenvalue weighted by molar-refractivity contribution is -0.117. The van der Waals surface area contributed by atoms with Crippen molar-refractivity contribution >= 4 is 11.6 Å². The largest absolute Gasteiger partial charge is 0.324 e. The molecule has 1 amide bonds. The Bertz CT molecular complexity index is 679. The lowest BCUT2D eigenvalue weighted by Crippen LogP contribution is -2.20. The van der Waals surface area contributed by atoms with Gasteiger partial charge < -0.3 is 5.32 Å². The summed E-state index contributed by atoms with van der Waals surface area (Å²) in [4.78, 5) is 12.0. The van der Waals surface area contributed by atoms with Crippen molar-refractivity contribution in [3.8, 4) is 6.07 Å². The number of carbonyl (C=O) groups excluding carboxylic acids is 1. The van der Waals surface area contributed by atoms with Crippen molar-refractivity contribution in [2.45, 2.75) is 33.2 Å². The molecule has 0 aliphatic carbocycles. The Balaban J connectivity index is 2.01. The fraction of sp³-hybridized carbons (Fsp3) is 0.333. The van der Waals surface area contributed by atoms with Crippen molar-refractivity contribution in [2.75, 3.05) is 5.32 Å². The Labute approximate surface area is 123 Å². The summed E-state index contributed by atoms with van der Waals surface area (Å²) in [6.45, 7) is 5.98. The van der Waals surface area contributed by atoms with Crippen molar-refractivity contribution in [1.29, 1.82) is 5.26 Å². The van der Waals surface area contributed by atoms with Gasteiger partial charge in [-0.25, -0.2) is 4.68 Å². The van der Waals surface area contributed by atoms with Crippen LogP contribution in [0.1, 0.15) is 36.7 Å². The average Bonchev–Trinajstić information content (AvgIpc) is 2.80. The van der Waals surface area contributed by atoms with Crippen molar-refractivity contribution in [3.05, 3.63) is 41.2 Å². The maximum absolute atomic E-state index is 12.0. The SMILES string of the molecule is Cc1c(C#N)nnn1CC(=O)Nc1ccc(C(C)C)cc1. The van der Waals surface area contributed by atoms with Crippen LogP contribution in [0.15, 0.2) is 24.3 Å². The van der Waals surface area contributed by atoms with Gasteiger partial charge in [-0.05, 0) is 30.5 Å². The van der Waals surface area contributed by atoms with Gasteiger partial charge in [-0.3, -0.25) is 4.79 Å². The number of benzene rings is 1. The zero-order valence-electron chi connectivity index (χ0n) is 12.3. The molecule has 2 aromatic rings. The molecule has 0 spiro atoms. The van der Waals surface area contributed by atoms with E-state index in [0.717, 1.165) is 5.69 Å². The predicted octanol–water partition coefficient (Wildman–Crippen LogP) is 2.22. The number of hydrogen-bond acceptors (Lipinski definition) is 4. The van der Waals surface area contributed by atoms with Gasteiger partial charge in [0.05, 0.1) is 5.69 Å². The molecule has 1 aromatic heterocycles. The van der Waals surface area contributed by atoms with Crippen molar-refractivity contribution < 1.29 is 4.79 Å². The maximum Gasteiger partial charge on any atom is 0.246 e. The molecule has 1 N–H and O–H groups in total. The third-order valence-corrected chi connectivity index (χ3v) is 3.24. The Morgan fingerprint density at radius 2 is 2.05 bits per heavy atom. The molecule has 0 saturated heterocycles. The molecular formula is C15H17N5O. The molecule has 1 heterocycles. The number of nitrogens with zero attached hydrogens (tertiary/aromatic N) is 4. The third kappa shape index (κ3) is 3.45. The molecule has 21 heavy (non-hydrogen) atoms. The topological polar surface area (TPSA) is 83.6 Å². The second-order valence-electron chi connectivity index (χ2n) is 5.12. The number of anilines is 1. The molecule has 0 bridgehead atoms. The van der Waals surface area contributed by atoms with Gasteiger partial charge in [-0.2, -0.15) is 5.26 Å². The van der Waals surface area contributed by atoms with Crippen LogP contribution in [0.25, 0.3) is 0 Å². The Morgan fingerprint density at radius 3 is 2.57 bits per heavy atom. The summed E-state index contributed by atoms with van der Waals surface area (Å²) >= 11 is 0. The molecule has 2 rings (SSSR count). The molecule has 0 unspecified atom stereocenters. The van der Waals surface area contributed by atoms with E-state index in [1.165, 1.54) is 10.2 Å². The first kappa shape index (κ1) is 14.7. The monoisotopic (exact) mass is 283 g/mol. The third-order valence-electron chi connectivity index (χ3n) is 3.24. The number of carbonyl (C=O) groups is 1. The van der Waals surface area contributed by atoms with Gasteiger partial charge >= 0.3 is 0 Å². The first-order chi connectivity index (χ1) is 10.0. The van der Waals surface area contributed by atoms with Gasteiger partial charge in [0.25, 0.3) is 0 Å². The summed E-state index contributed by atoms with van der Waals surface area (Å²) in [6.07, 6.45) is 0. The second kappa shape index (κ2) is 6.18. The molecule has 6 heteroatoms. The number of aromatic nitrogens is 3. The number of rotatable bonds is 4. The summed E-state index contributed by atoms with van der Waals surface area (Å²) in [5.41, 5.74) is 2.79. The van der Waals surface area contributed by atoms with E-state index >= 15 is 0 Å². The summed E-state index contributed by atoms with van der Waals surface area (Å²) in [5, 5.41) is 19.1. The molecule has 0 aliphatic rings. The van der Waals surface area contributed by atoms with Crippen LogP contribution >= 0.6 is 0 Å². The fourth-order valence-corrected chi connectivity index (χ4v) is 1.90. The molecule has 0 aliphatic heterocycles. The predicted molar refractivity (Wildman–Crippen MR) is 78.6 cm³/mol. The van der Waals surface area contributed by atoms with Gasteiger partial charge in [0.2, 0.25) is 5.91 Å². The second-order valence-corrected chi connectivity index (χ2v) is 5.12. The normalized spacial score (nSPS) is 10.4. The number of nitriles is 1. The quantitative estimate of drug-likeness (QED) is 0.932. The number of nitrogens with one attached hydrogen (secondary N) is 1. The standard InChI is InChI=1S/C15H17N5O/c1-10(2)12-4-6-13(7-5-12)17-15(21)9-20-11(3)14(8-16)18-19-20/h4-7,10H,9H2,1-3H3,(H,17,21). The molecule has 0 atom stereocenters. The average molecular weight is 283 g/mol. The van der Waals surface area contributed by atoms with Crippen LogP contribution in [0, 0.1) is 18.3 Å². The highest BCUT2D eigenvalue weighted by molar-refractivity contribution is 5.90. The van der Waals surface area contributed by atoms with Gasteiger partial charge in [-0.15, -0.1) is 5.10 Å². The molecule has 0 fully saturated rings. The van der Waals surface area contributed by atoms with Gasteiger partial charge in [0, 0.05) is 5.69 Å². The van der Waals surface area contributed by atoms with Crippen LogP contribution in [0.3, 0.4) is 0 Å². The van der Waals surface area contributed by atoms with Crippen LogP contribution in [0.5, 0.6) is 0 Å². The highest BCUT2D eigenvalue weighted by Crippen LogP contribution is 2.17. The number of hydrogen-bond donors (Lipinski definition) is 1. The minimum absolute atomic E-state index is 0.0342. The lowest BCUT2D eigenvalue weighted by atomic mass is 10.0. The Hall–Kier alpha value is -2.68. The van der Waals surface area contributed by atoms with E-state index in [9.17, 15) is 4.79 Å². The van der Waals surface area contributed by atoms with Crippen LogP contribution < -0.4 is 5.32 Å². The minimum Gasteiger partial charge on any atom is -0.324 e.